The zero-order valence-corrected chi connectivity index (χ0v) is 20.4. The molecular formula is C26H32N2O8. The third-order valence-electron chi connectivity index (χ3n) is 7.24. The first-order chi connectivity index (χ1) is 17.4. The number of carbonyl (C=O) groups excluding carboxylic acids is 4. The van der Waals surface area contributed by atoms with E-state index in [0.717, 1.165) is 12.8 Å². The molecule has 36 heavy (non-hydrogen) atoms. The van der Waals surface area contributed by atoms with E-state index in [9.17, 15) is 29.4 Å². The molecule has 0 saturated heterocycles. The summed E-state index contributed by atoms with van der Waals surface area (Å²) >= 11 is 0. The zero-order chi connectivity index (χ0) is 26.0. The first kappa shape index (κ1) is 25.8. The highest BCUT2D eigenvalue weighted by atomic mass is 16.5. The monoisotopic (exact) mass is 500 g/mol. The number of hydrogen-bond acceptors (Lipinski definition) is 8. The van der Waals surface area contributed by atoms with E-state index >= 15 is 0 Å². The van der Waals surface area contributed by atoms with Gasteiger partial charge in [-0.1, -0.05) is 19.8 Å². The Bertz CT molecular complexity index is 1080. The molecule has 10 nitrogen and oxygen atoms in total. The molecule has 4 atom stereocenters. The second-order valence-corrected chi connectivity index (χ2v) is 9.33. The van der Waals surface area contributed by atoms with Crippen LogP contribution in [0.5, 0.6) is 11.5 Å². The first-order valence-electron chi connectivity index (χ1n) is 12.3. The lowest BCUT2D eigenvalue weighted by Crippen LogP contribution is -2.59. The number of aldehydes is 1. The molecule has 4 unspecified atom stereocenters. The summed E-state index contributed by atoms with van der Waals surface area (Å²) < 4.78 is 11.6. The third-order valence-corrected chi connectivity index (χ3v) is 7.24. The summed E-state index contributed by atoms with van der Waals surface area (Å²) in [6.07, 6.45) is 3.17. The number of nitrogens with one attached hydrogen (secondary N) is 1. The minimum atomic E-state index is -1.25. The van der Waals surface area contributed by atoms with E-state index in [4.69, 9.17) is 9.47 Å². The molecule has 194 valence electrons. The standard InChI is InChI=1S/C26H32N2O8/c1-3-19(31)26(34)28(15-6-4-5-7-15)18-12-17(25(33)27-8-9-29)21-16-10-14(13-30)11-20(35-2)23(16)36-24(21)22(18)32/h10-13,15,18,21-22,24,29,32H,3-9H2,1-2H3,(H,27,33). The van der Waals surface area contributed by atoms with Gasteiger partial charge in [0.15, 0.2) is 11.5 Å². The molecule has 2 amide bonds. The Morgan fingerprint density at radius 2 is 1.97 bits per heavy atom. The van der Waals surface area contributed by atoms with Gasteiger partial charge in [-0.25, -0.2) is 0 Å². The Labute approximate surface area is 209 Å². The van der Waals surface area contributed by atoms with Gasteiger partial charge in [0.05, 0.1) is 25.7 Å². The normalized spacial score (nSPS) is 24.7. The minimum absolute atomic E-state index is 0.00574. The van der Waals surface area contributed by atoms with Crippen LogP contribution in [-0.4, -0.2) is 83.5 Å². The number of amides is 2. The topological polar surface area (TPSA) is 142 Å². The predicted octanol–water partition coefficient (Wildman–Crippen LogP) is 0.881. The maximum Gasteiger partial charge on any atom is 0.290 e. The molecule has 1 heterocycles. The molecule has 3 aliphatic rings. The fourth-order valence-corrected chi connectivity index (χ4v) is 5.55. The van der Waals surface area contributed by atoms with Gasteiger partial charge in [-0.05, 0) is 31.1 Å². The van der Waals surface area contributed by atoms with E-state index in [0.29, 0.717) is 36.0 Å². The molecule has 10 heteroatoms. The van der Waals surface area contributed by atoms with Crippen LogP contribution >= 0.6 is 0 Å². The largest absolute Gasteiger partial charge is 0.493 e. The van der Waals surface area contributed by atoms with Crippen molar-refractivity contribution in [2.45, 2.75) is 69.2 Å². The second-order valence-electron chi connectivity index (χ2n) is 9.33. The van der Waals surface area contributed by atoms with Crippen molar-refractivity contribution in [2.75, 3.05) is 20.3 Å². The van der Waals surface area contributed by atoms with Crippen LogP contribution in [0, 0.1) is 0 Å². The summed E-state index contributed by atoms with van der Waals surface area (Å²) in [5.41, 5.74) is 1.05. The lowest BCUT2D eigenvalue weighted by Gasteiger charge is -2.42. The molecule has 1 saturated carbocycles. The van der Waals surface area contributed by atoms with E-state index in [1.165, 1.54) is 24.2 Å². The molecule has 1 aliphatic heterocycles. The number of methoxy groups -OCH3 is 1. The van der Waals surface area contributed by atoms with E-state index in [2.05, 4.69) is 5.32 Å². The Morgan fingerprint density at radius 3 is 2.58 bits per heavy atom. The zero-order valence-electron chi connectivity index (χ0n) is 20.4. The van der Waals surface area contributed by atoms with Gasteiger partial charge in [0, 0.05) is 35.7 Å². The molecule has 1 aromatic rings. The van der Waals surface area contributed by atoms with Crippen LogP contribution in [0.2, 0.25) is 0 Å². The lowest BCUT2D eigenvalue weighted by molar-refractivity contribution is -0.150. The van der Waals surface area contributed by atoms with E-state index in [1.807, 2.05) is 0 Å². The summed E-state index contributed by atoms with van der Waals surface area (Å²) in [6.45, 7) is 1.34. The van der Waals surface area contributed by atoms with Gasteiger partial charge >= 0.3 is 0 Å². The van der Waals surface area contributed by atoms with Gasteiger partial charge in [-0.15, -0.1) is 0 Å². The van der Waals surface area contributed by atoms with Crippen molar-refractivity contribution in [3.8, 4) is 11.5 Å². The molecule has 1 aromatic carbocycles. The first-order valence-corrected chi connectivity index (χ1v) is 12.3. The van der Waals surface area contributed by atoms with Crippen LogP contribution in [0.15, 0.2) is 23.8 Å². The fourth-order valence-electron chi connectivity index (χ4n) is 5.55. The molecule has 0 radical (unpaired) electrons. The Balaban J connectivity index is 1.84. The van der Waals surface area contributed by atoms with Crippen LogP contribution in [0.4, 0.5) is 0 Å². The van der Waals surface area contributed by atoms with Gasteiger partial charge in [-0.3, -0.25) is 19.2 Å². The Morgan fingerprint density at radius 1 is 1.25 bits per heavy atom. The molecule has 2 aliphatic carbocycles. The third kappa shape index (κ3) is 4.51. The SMILES string of the molecule is CCC(=O)C(=O)N(C1CCCC1)C1C=C(C(=O)NCCO)C2c3cc(C=O)cc(OC)c3OC2C1O. The molecule has 4 rings (SSSR count). The van der Waals surface area contributed by atoms with Crippen LogP contribution < -0.4 is 14.8 Å². The van der Waals surface area contributed by atoms with E-state index in [-0.39, 0.29) is 36.9 Å². The number of nitrogens with zero attached hydrogens (tertiary/aromatic N) is 1. The number of benzene rings is 1. The van der Waals surface area contributed by atoms with Crippen molar-refractivity contribution >= 4 is 23.9 Å². The number of ketones is 1. The minimum Gasteiger partial charge on any atom is -0.493 e. The van der Waals surface area contributed by atoms with E-state index < -0.39 is 41.8 Å². The Hall–Kier alpha value is -3.24. The van der Waals surface area contributed by atoms with Gasteiger partial charge in [0.25, 0.3) is 5.91 Å². The summed E-state index contributed by atoms with van der Waals surface area (Å²) in [6, 6.07) is 1.88. The molecule has 0 spiro atoms. The van der Waals surface area contributed by atoms with Crippen LogP contribution in [0.3, 0.4) is 0 Å². The fraction of sp³-hybridized carbons (Fsp3) is 0.538. The van der Waals surface area contributed by atoms with Crippen molar-refractivity contribution in [3.05, 3.63) is 34.9 Å². The number of Topliss-reactive ketones (excluding diaryl/α,β-unsaturated/α-hetero) is 1. The van der Waals surface area contributed by atoms with Gasteiger partial charge in [-0.2, -0.15) is 0 Å². The second kappa shape index (κ2) is 10.8. The van der Waals surface area contributed by atoms with Crippen LogP contribution in [0.25, 0.3) is 0 Å². The molecule has 0 bridgehead atoms. The highest BCUT2D eigenvalue weighted by Crippen LogP contribution is 2.51. The number of aliphatic hydroxyl groups is 2. The average Bonchev–Trinajstić information content (AvgIpc) is 3.56. The van der Waals surface area contributed by atoms with Gasteiger partial charge in [0.2, 0.25) is 11.7 Å². The van der Waals surface area contributed by atoms with Crippen molar-refractivity contribution in [2.24, 2.45) is 0 Å². The number of aliphatic hydroxyl groups excluding tert-OH is 2. The number of ether oxygens (including phenoxy) is 2. The number of rotatable bonds is 9. The van der Waals surface area contributed by atoms with Crippen molar-refractivity contribution in [1.29, 1.82) is 0 Å². The smallest absolute Gasteiger partial charge is 0.290 e. The molecule has 0 aromatic heterocycles. The Kier molecular flexibility index (Phi) is 7.75. The molecule has 3 N–H and O–H groups in total. The van der Waals surface area contributed by atoms with Gasteiger partial charge in [0.1, 0.15) is 18.5 Å². The van der Waals surface area contributed by atoms with Crippen molar-refractivity contribution in [3.63, 3.8) is 0 Å². The number of fused-ring (bicyclic) bond motifs is 3. The molecular weight excluding hydrogens is 468 g/mol. The van der Waals surface area contributed by atoms with E-state index in [1.54, 1.807) is 13.0 Å². The highest BCUT2D eigenvalue weighted by Gasteiger charge is 2.52. The lowest BCUT2D eigenvalue weighted by atomic mass is 9.77. The predicted molar refractivity (Wildman–Crippen MR) is 128 cm³/mol. The summed E-state index contributed by atoms with van der Waals surface area (Å²) in [5.74, 6) is -1.90. The number of carbonyl (C=O) groups is 4. The van der Waals surface area contributed by atoms with Crippen molar-refractivity contribution in [1.82, 2.24) is 10.2 Å². The molecule has 1 fully saturated rings. The number of hydrogen-bond donors (Lipinski definition) is 3. The van der Waals surface area contributed by atoms with Crippen molar-refractivity contribution < 1.29 is 38.9 Å². The van der Waals surface area contributed by atoms with Crippen LogP contribution in [-0.2, 0) is 14.4 Å². The van der Waals surface area contributed by atoms with Crippen LogP contribution in [0.1, 0.15) is 60.9 Å². The summed E-state index contributed by atoms with van der Waals surface area (Å²) in [4.78, 5) is 52.0. The summed E-state index contributed by atoms with van der Waals surface area (Å²) in [5, 5.41) is 23.4. The maximum absolute atomic E-state index is 13.3. The van der Waals surface area contributed by atoms with Gasteiger partial charge < -0.3 is 29.9 Å². The quantitative estimate of drug-likeness (QED) is 0.335. The highest BCUT2D eigenvalue weighted by molar-refractivity contribution is 6.36. The summed E-state index contributed by atoms with van der Waals surface area (Å²) in [7, 11) is 1.43. The maximum atomic E-state index is 13.3. The average molecular weight is 501 g/mol.